The van der Waals surface area contributed by atoms with Crippen LogP contribution in [0.25, 0.3) is 0 Å². The predicted octanol–water partition coefficient (Wildman–Crippen LogP) is -0.208. The van der Waals surface area contributed by atoms with Gasteiger partial charge in [0, 0.05) is 26.1 Å². The van der Waals surface area contributed by atoms with Crippen LogP contribution in [0.1, 0.15) is 19.3 Å². The first-order valence-electron chi connectivity index (χ1n) is 5.28. The second kappa shape index (κ2) is 5.32. The van der Waals surface area contributed by atoms with E-state index in [2.05, 4.69) is 17.3 Å². The summed E-state index contributed by atoms with van der Waals surface area (Å²) >= 11 is 0. The molecule has 3 N–H and O–H groups in total. The monoisotopic (exact) mass is 199 g/mol. The fourth-order valence-corrected chi connectivity index (χ4v) is 2.04. The van der Waals surface area contributed by atoms with Crippen molar-refractivity contribution in [2.24, 2.45) is 11.7 Å². The van der Waals surface area contributed by atoms with E-state index in [1.165, 1.54) is 6.42 Å². The number of carbonyl (C=O) groups is 1. The van der Waals surface area contributed by atoms with Gasteiger partial charge in [-0.15, -0.1) is 0 Å². The molecule has 0 saturated carbocycles. The molecule has 1 heterocycles. The van der Waals surface area contributed by atoms with Gasteiger partial charge >= 0.3 is 0 Å². The van der Waals surface area contributed by atoms with E-state index in [0.29, 0.717) is 12.3 Å². The lowest BCUT2D eigenvalue weighted by atomic mass is 9.89. The summed E-state index contributed by atoms with van der Waals surface area (Å²) in [4.78, 5) is 13.4. The maximum Gasteiger partial charge on any atom is 0.221 e. The first-order valence-corrected chi connectivity index (χ1v) is 5.28. The van der Waals surface area contributed by atoms with Gasteiger partial charge in [0.15, 0.2) is 0 Å². The van der Waals surface area contributed by atoms with Gasteiger partial charge in [0.1, 0.15) is 0 Å². The van der Waals surface area contributed by atoms with Crippen molar-refractivity contribution >= 4 is 5.91 Å². The van der Waals surface area contributed by atoms with Gasteiger partial charge in [0.2, 0.25) is 5.91 Å². The Morgan fingerprint density at radius 3 is 3.00 bits per heavy atom. The summed E-state index contributed by atoms with van der Waals surface area (Å²) in [5.74, 6) is 0.525. The summed E-state index contributed by atoms with van der Waals surface area (Å²) in [6.07, 6.45) is 2.81. The van der Waals surface area contributed by atoms with E-state index in [1.54, 1.807) is 7.05 Å². The molecule has 4 heteroatoms. The smallest absolute Gasteiger partial charge is 0.221 e. The lowest BCUT2D eigenvalue weighted by molar-refractivity contribution is -0.121. The van der Waals surface area contributed by atoms with Crippen molar-refractivity contribution in [1.82, 2.24) is 10.2 Å². The van der Waals surface area contributed by atoms with Gasteiger partial charge in [-0.25, -0.2) is 0 Å². The highest BCUT2D eigenvalue weighted by molar-refractivity contribution is 5.76. The van der Waals surface area contributed by atoms with Crippen molar-refractivity contribution in [3.8, 4) is 0 Å². The average molecular weight is 199 g/mol. The highest BCUT2D eigenvalue weighted by atomic mass is 16.1. The maximum absolute atomic E-state index is 11.1. The SMILES string of the molecule is CNC(=O)CC(N)C1CCCN(C)C1. The molecule has 0 aliphatic carbocycles. The average Bonchev–Trinajstić information content (AvgIpc) is 2.17. The van der Waals surface area contributed by atoms with Crippen LogP contribution in [0.15, 0.2) is 0 Å². The van der Waals surface area contributed by atoms with Crippen molar-refractivity contribution in [1.29, 1.82) is 0 Å². The van der Waals surface area contributed by atoms with Gasteiger partial charge in [0.25, 0.3) is 0 Å². The number of nitrogens with two attached hydrogens (primary N) is 1. The molecule has 2 atom stereocenters. The molecule has 1 fully saturated rings. The van der Waals surface area contributed by atoms with Gasteiger partial charge < -0.3 is 16.0 Å². The molecular formula is C10H21N3O. The molecule has 1 amide bonds. The standard InChI is InChI=1S/C10H21N3O/c1-12-10(14)6-9(11)8-4-3-5-13(2)7-8/h8-9H,3-7,11H2,1-2H3,(H,12,14). The molecule has 1 aliphatic heterocycles. The summed E-state index contributed by atoms with van der Waals surface area (Å²) in [5.41, 5.74) is 6.00. The minimum absolute atomic E-state index is 0.0118. The molecule has 0 aromatic carbocycles. The number of likely N-dealkylation sites (tertiary alicyclic amines) is 1. The number of hydrogen-bond donors (Lipinski definition) is 2. The molecule has 14 heavy (non-hydrogen) atoms. The highest BCUT2D eigenvalue weighted by Crippen LogP contribution is 2.19. The zero-order valence-corrected chi connectivity index (χ0v) is 9.12. The second-order valence-corrected chi connectivity index (χ2v) is 4.21. The van der Waals surface area contributed by atoms with Gasteiger partial charge in [-0.1, -0.05) is 0 Å². The Labute approximate surface area is 85.8 Å². The Morgan fingerprint density at radius 2 is 2.43 bits per heavy atom. The third-order valence-electron chi connectivity index (χ3n) is 2.97. The Morgan fingerprint density at radius 1 is 1.71 bits per heavy atom. The van der Waals surface area contributed by atoms with Crippen molar-refractivity contribution < 1.29 is 4.79 Å². The summed E-state index contributed by atoms with van der Waals surface area (Å²) in [6, 6.07) is 0.0118. The molecule has 0 spiro atoms. The van der Waals surface area contributed by atoms with Crippen LogP contribution in [-0.4, -0.2) is 44.0 Å². The van der Waals surface area contributed by atoms with Crippen molar-refractivity contribution in [2.75, 3.05) is 27.2 Å². The normalized spacial score (nSPS) is 25.8. The minimum atomic E-state index is 0.0118. The van der Waals surface area contributed by atoms with Crippen LogP contribution < -0.4 is 11.1 Å². The third-order valence-corrected chi connectivity index (χ3v) is 2.97. The number of rotatable bonds is 3. The van der Waals surface area contributed by atoms with Crippen molar-refractivity contribution in [2.45, 2.75) is 25.3 Å². The number of hydrogen-bond acceptors (Lipinski definition) is 3. The maximum atomic E-state index is 11.1. The molecule has 2 unspecified atom stereocenters. The van der Waals surface area contributed by atoms with E-state index >= 15 is 0 Å². The van der Waals surface area contributed by atoms with Crippen LogP contribution in [0.4, 0.5) is 0 Å². The molecule has 4 nitrogen and oxygen atoms in total. The highest BCUT2D eigenvalue weighted by Gasteiger charge is 2.24. The molecule has 0 aromatic heterocycles. The summed E-state index contributed by atoms with van der Waals surface area (Å²) in [6.45, 7) is 2.18. The summed E-state index contributed by atoms with van der Waals surface area (Å²) in [7, 11) is 3.76. The number of carbonyl (C=O) groups excluding carboxylic acids is 1. The minimum Gasteiger partial charge on any atom is -0.359 e. The van der Waals surface area contributed by atoms with Crippen molar-refractivity contribution in [3.63, 3.8) is 0 Å². The first-order chi connectivity index (χ1) is 6.63. The van der Waals surface area contributed by atoms with Crippen molar-refractivity contribution in [3.05, 3.63) is 0 Å². The fourth-order valence-electron chi connectivity index (χ4n) is 2.04. The Hall–Kier alpha value is -0.610. The zero-order valence-electron chi connectivity index (χ0n) is 9.12. The second-order valence-electron chi connectivity index (χ2n) is 4.21. The first kappa shape index (κ1) is 11.5. The Balaban J connectivity index is 2.35. The van der Waals surface area contributed by atoms with E-state index in [9.17, 15) is 4.79 Å². The predicted molar refractivity (Wildman–Crippen MR) is 56.9 cm³/mol. The molecule has 1 rings (SSSR count). The van der Waals surface area contributed by atoms with Crippen LogP contribution >= 0.6 is 0 Å². The summed E-state index contributed by atoms with van der Waals surface area (Å²) in [5, 5.41) is 2.61. The van der Waals surface area contributed by atoms with Crippen LogP contribution in [-0.2, 0) is 4.79 Å². The van der Waals surface area contributed by atoms with E-state index in [1.807, 2.05) is 0 Å². The van der Waals surface area contributed by atoms with Gasteiger partial charge in [0.05, 0.1) is 0 Å². The van der Waals surface area contributed by atoms with Gasteiger partial charge in [-0.3, -0.25) is 4.79 Å². The zero-order chi connectivity index (χ0) is 10.6. The molecule has 1 aliphatic rings. The quantitative estimate of drug-likeness (QED) is 0.661. The fraction of sp³-hybridized carbons (Fsp3) is 0.900. The third kappa shape index (κ3) is 3.27. The molecule has 0 bridgehead atoms. The number of piperidine rings is 1. The molecule has 0 radical (unpaired) electrons. The number of nitrogens with one attached hydrogen (secondary N) is 1. The number of amides is 1. The largest absolute Gasteiger partial charge is 0.359 e. The van der Waals surface area contributed by atoms with Crippen LogP contribution in [0, 0.1) is 5.92 Å². The summed E-state index contributed by atoms with van der Waals surface area (Å²) < 4.78 is 0. The lowest BCUT2D eigenvalue weighted by Crippen LogP contribution is -2.44. The van der Waals surface area contributed by atoms with E-state index in [4.69, 9.17) is 5.73 Å². The topological polar surface area (TPSA) is 58.4 Å². The van der Waals surface area contributed by atoms with Crippen LogP contribution in [0.5, 0.6) is 0 Å². The lowest BCUT2D eigenvalue weighted by Gasteiger charge is -2.33. The molecule has 1 saturated heterocycles. The number of nitrogens with zero attached hydrogens (tertiary/aromatic N) is 1. The van der Waals surface area contributed by atoms with E-state index in [0.717, 1.165) is 19.5 Å². The van der Waals surface area contributed by atoms with E-state index < -0.39 is 0 Å². The van der Waals surface area contributed by atoms with E-state index in [-0.39, 0.29) is 11.9 Å². The van der Waals surface area contributed by atoms with Gasteiger partial charge in [-0.2, -0.15) is 0 Å². The molecule has 82 valence electrons. The van der Waals surface area contributed by atoms with Gasteiger partial charge in [-0.05, 0) is 32.4 Å². The molecular weight excluding hydrogens is 178 g/mol. The van der Waals surface area contributed by atoms with Crippen LogP contribution in [0.3, 0.4) is 0 Å². The van der Waals surface area contributed by atoms with Crippen LogP contribution in [0.2, 0.25) is 0 Å². The Kier molecular flexibility index (Phi) is 4.35. The molecule has 0 aromatic rings. The Bertz CT molecular complexity index is 196.